The monoisotopic (exact) mass is 436 g/mol. The normalized spacial score (nSPS) is 22.9. The van der Waals surface area contributed by atoms with Crippen molar-refractivity contribution in [2.75, 3.05) is 9.96 Å². The highest BCUT2D eigenvalue weighted by Crippen LogP contribution is 2.47. The molecule has 0 spiro atoms. The summed E-state index contributed by atoms with van der Waals surface area (Å²) < 4.78 is 14.0. The fourth-order valence-electron chi connectivity index (χ4n) is 4.19. The number of anilines is 2. The Balaban J connectivity index is 1.58. The van der Waals surface area contributed by atoms with E-state index < -0.39 is 35.7 Å². The SMILES string of the molecule is Cc1ccc([C@@H]2[C@@H]3C(=O)N(c4ccc(Cl)c(F)c4)C(=O)[C@H]3ON2c2ccccc2)cc1. The molecule has 0 aromatic heterocycles. The van der Waals surface area contributed by atoms with Crippen LogP contribution >= 0.6 is 11.6 Å². The Labute approximate surface area is 183 Å². The third-order valence-electron chi connectivity index (χ3n) is 5.71. The lowest BCUT2D eigenvalue weighted by atomic mass is 9.90. The van der Waals surface area contributed by atoms with Gasteiger partial charge in [0.1, 0.15) is 11.7 Å². The summed E-state index contributed by atoms with van der Waals surface area (Å²) in [4.78, 5) is 33.7. The maximum Gasteiger partial charge on any atom is 0.266 e. The van der Waals surface area contributed by atoms with Gasteiger partial charge in [-0.15, -0.1) is 0 Å². The molecule has 2 saturated heterocycles. The van der Waals surface area contributed by atoms with Crippen molar-refractivity contribution in [1.82, 2.24) is 0 Å². The van der Waals surface area contributed by atoms with E-state index in [4.69, 9.17) is 16.4 Å². The lowest BCUT2D eigenvalue weighted by molar-refractivity contribution is -0.126. The van der Waals surface area contributed by atoms with E-state index in [1.165, 1.54) is 12.1 Å². The minimum Gasteiger partial charge on any atom is -0.273 e. The van der Waals surface area contributed by atoms with E-state index in [0.29, 0.717) is 0 Å². The number of hydroxylamine groups is 1. The molecule has 0 aliphatic carbocycles. The van der Waals surface area contributed by atoms with Gasteiger partial charge in [0, 0.05) is 0 Å². The van der Waals surface area contributed by atoms with E-state index in [1.807, 2.05) is 61.5 Å². The Morgan fingerprint density at radius 3 is 2.29 bits per heavy atom. The molecule has 7 heteroatoms. The van der Waals surface area contributed by atoms with Crippen LogP contribution in [0.1, 0.15) is 17.2 Å². The van der Waals surface area contributed by atoms with Crippen molar-refractivity contribution in [3.05, 3.63) is 94.8 Å². The van der Waals surface area contributed by atoms with Gasteiger partial charge in [0.15, 0.2) is 6.10 Å². The Morgan fingerprint density at radius 1 is 0.903 bits per heavy atom. The number of para-hydroxylation sites is 1. The molecule has 5 nitrogen and oxygen atoms in total. The topological polar surface area (TPSA) is 49.9 Å². The molecular weight excluding hydrogens is 419 g/mol. The fraction of sp³-hybridized carbons (Fsp3) is 0.167. The molecule has 0 unspecified atom stereocenters. The van der Waals surface area contributed by atoms with Crippen LogP contribution in [0.5, 0.6) is 0 Å². The molecule has 0 saturated carbocycles. The molecule has 3 aromatic rings. The number of hydrogen-bond acceptors (Lipinski definition) is 4. The zero-order valence-electron chi connectivity index (χ0n) is 16.5. The second kappa shape index (κ2) is 7.48. The van der Waals surface area contributed by atoms with Gasteiger partial charge in [0.25, 0.3) is 5.91 Å². The van der Waals surface area contributed by atoms with Gasteiger partial charge in [-0.25, -0.2) is 14.4 Å². The number of aryl methyl sites for hydroxylation is 1. The molecule has 3 aromatic carbocycles. The number of hydrogen-bond donors (Lipinski definition) is 0. The summed E-state index contributed by atoms with van der Waals surface area (Å²) in [6.07, 6.45) is -1.00. The van der Waals surface area contributed by atoms with E-state index in [1.54, 1.807) is 5.06 Å². The third-order valence-corrected chi connectivity index (χ3v) is 6.01. The second-order valence-electron chi connectivity index (χ2n) is 7.68. The summed E-state index contributed by atoms with van der Waals surface area (Å²) in [5.41, 5.74) is 2.82. The van der Waals surface area contributed by atoms with Gasteiger partial charge in [0.2, 0.25) is 5.91 Å². The lowest BCUT2D eigenvalue weighted by Crippen LogP contribution is -2.37. The fourth-order valence-corrected chi connectivity index (χ4v) is 4.31. The van der Waals surface area contributed by atoms with Crippen molar-refractivity contribution in [1.29, 1.82) is 0 Å². The molecule has 3 atom stereocenters. The lowest BCUT2D eigenvalue weighted by Gasteiger charge is -2.28. The number of amides is 2. The molecule has 31 heavy (non-hydrogen) atoms. The van der Waals surface area contributed by atoms with Crippen LogP contribution in [0.15, 0.2) is 72.8 Å². The largest absolute Gasteiger partial charge is 0.273 e. The molecule has 0 radical (unpaired) electrons. The van der Waals surface area contributed by atoms with Crippen molar-refractivity contribution >= 4 is 34.8 Å². The Morgan fingerprint density at radius 2 is 1.61 bits per heavy atom. The highest BCUT2D eigenvalue weighted by atomic mass is 35.5. The maximum absolute atomic E-state index is 14.0. The number of fused-ring (bicyclic) bond motifs is 1. The number of halogens is 2. The molecule has 0 bridgehead atoms. The number of carbonyl (C=O) groups is 2. The van der Waals surface area contributed by atoms with Crippen LogP contribution in [0.2, 0.25) is 5.02 Å². The Hall–Kier alpha value is -3.22. The first-order chi connectivity index (χ1) is 15.0. The van der Waals surface area contributed by atoms with E-state index in [0.717, 1.165) is 27.8 Å². The number of rotatable bonds is 3. The zero-order valence-corrected chi connectivity index (χ0v) is 17.3. The summed E-state index contributed by atoms with van der Waals surface area (Å²) in [6, 6.07) is 20.5. The second-order valence-corrected chi connectivity index (χ2v) is 8.09. The summed E-state index contributed by atoms with van der Waals surface area (Å²) in [5.74, 6) is -2.42. The predicted octanol–water partition coefficient (Wildman–Crippen LogP) is 4.84. The first-order valence-electron chi connectivity index (χ1n) is 9.86. The smallest absolute Gasteiger partial charge is 0.266 e. The summed E-state index contributed by atoms with van der Waals surface area (Å²) >= 11 is 5.76. The highest BCUT2D eigenvalue weighted by Gasteiger charge is 2.60. The molecule has 5 rings (SSSR count). The zero-order chi connectivity index (χ0) is 21.7. The summed E-state index contributed by atoms with van der Waals surface area (Å²) in [5, 5.41) is 1.56. The first kappa shape index (κ1) is 19.7. The van der Waals surface area contributed by atoms with Crippen molar-refractivity contribution in [3.63, 3.8) is 0 Å². The minimum atomic E-state index is -1.00. The number of benzene rings is 3. The maximum atomic E-state index is 14.0. The Kier molecular flexibility index (Phi) is 4.76. The van der Waals surface area contributed by atoms with Crippen molar-refractivity contribution in [2.24, 2.45) is 5.92 Å². The highest BCUT2D eigenvalue weighted by molar-refractivity contribution is 6.31. The van der Waals surface area contributed by atoms with Crippen LogP contribution < -0.4 is 9.96 Å². The van der Waals surface area contributed by atoms with Crippen molar-refractivity contribution in [3.8, 4) is 0 Å². The van der Waals surface area contributed by atoms with Crippen LogP contribution in [0.4, 0.5) is 15.8 Å². The van der Waals surface area contributed by atoms with Gasteiger partial charge < -0.3 is 0 Å². The summed E-state index contributed by atoms with van der Waals surface area (Å²) in [6.45, 7) is 1.98. The first-order valence-corrected chi connectivity index (χ1v) is 10.2. The molecule has 0 N–H and O–H groups in total. The van der Waals surface area contributed by atoms with E-state index in [9.17, 15) is 14.0 Å². The van der Waals surface area contributed by atoms with Gasteiger partial charge in [-0.2, -0.15) is 0 Å². The van der Waals surface area contributed by atoms with Crippen LogP contribution in [-0.4, -0.2) is 17.9 Å². The number of nitrogens with zero attached hydrogens (tertiary/aromatic N) is 2. The van der Waals surface area contributed by atoms with Gasteiger partial charge in [-0.05, 0) is 42.8 Å². The molecule has 2 aliphatic heterocycles. The van der Waals surface area contributed by atoms with Gasteiger partial charge in [-0.3, -0.25) is 14.4 Å². The van der Waals surface area contributed by atoms with E-state index in [2.05, 4.69) is 0 Å². The third kappa shape index (κ3) is 3.19. The quantitative estimate of drug-likeness (QED) is 0.551. The van der Waals surface area contributed by atoms with Crippen LogP contribution in [0.25, 0.3) is 0 Å². The van der Waals surface area contributed by atoms with Gasteiger partial charge in [0.05, 0.1) is 22.4 Å². The molecule has 2 fully saturated rings. The molecular formula is C24H18ClFN2O3. The van der Waals surface area contributed by atoms with Crippen molar-refractivity contribution < 1.29 is 18.8 Å². The minimum absolute atomic E-state index is 0.0768. The predicted molar refractivity (Wildman–Crippen MR) is 115 cm³/mol. The number of imide groups is 1. The van der Waals surface area contributed by atoms with Gasteiger partial charge in [-0.1, -0.05) is 59.6 Å². The van der Waals surface area contributed by atoms with Crippen LogP contribution in [0.3, 0.4) is 0 Å². The van der Waals surface area contributed by atoms with E-state index in [-0.39, 0.29) is 10.7 Å². The van der Waals surface area contributed by atoms with E-state index >= 15 is 0 Å². The Bertz CT molecular complexity index is 1170. The molecule has 156 valence electrons. The van der Waals surface area contributed by atoms with Gasteiger partial charge >= 0.3 is 0 Å². The molecule has 2 aliphatic rings. The molecule has 2 amide bonds. The standard InChI is InChI=1S/C24H18ClFN2O3/c1-14-7-9-15(10-8-14)21-20-22(31-28(21)16-5-3-2-4-6-16)24(30)27(23(20)29)17-11-12-18(25)19(26)13-17/h2-13,20-22H,1H3/t20-,21+,22-/m0/s1. The number of carbonyl (C=O) groups excluding carboxylic acids is 2. The molecule has 2 heterocycles. The average Bonchev–Trinajstić information content (AvgIpc) is 3.28. The average molecular weight is 437 g/mol. The van der Waals surface area contributed by atoms with Crippen LogP contribution in [-0.2, 0) is 14.4 Å². The van der Waals surface area contributed by atoms with Crippen LogP contribution in [0, 0.1) is 18.7 Å². The summed E-state index contributed by atoms with van der Waals surface area (Å²) in [7, 11) is 0. The van der Waals surface area contributed by atoms with Crippen molar-refractivity contribution in [2.45, 2.75) is 19.1 Å².